The number of carbonyl (C=O) groups is 2. The summed E-state index contributed by atoms with van der Waals surface area (Å²) in [4.78, 5) is 26.6. The van der Waals surface area contributed by atoms with Gasteiger partial charge in [-0.1, -0.05) is 26.7 Å². The third-order valence-electron chi connectivity index (χ3n) is 5.52. The van der Waals surface area contributed by atoms with Crippen LogP contribution in [0.15, 0.2) is 0 Å². The van der Waals surface area contributed by atoms with Crippen LogP contribution in [-0.2, 0) is 29.0 Å². The maximum atomic E-state index is 12.9. The van der Waals surface area contributed by atoms with Crippen molar-refractivity contribution in [3.8, 4) is 0 Å². The van der Waals surface area contributed by atoms with Crippen molar-refractivity contribution in [1.29, 1.82) is 0 Å². The lowest BCUT2D eigenvalue weighted by atomic mass is 10.0. The number of hydrogen-bond donors (Lipinski definition) is 1. The minimum absolute atomic E-state index is 0.0459. The van der Waals surface area contributed by atoms with Crippen LogP contribution in [0, 0.1) is 5.92 Å². The first-order valence-electron chi connectivity index (χ1n) is 10.2. The second-order valence-corrected chi connectivity index (χ2v) is 8.16. The fraction of sp³-hybridized carbons (Fsp3) is 0.750. The van der Waals surface area contributed by atoms with E-state index in [1.165, 1.54) is 25.6 Å². The smallest absolute Gasteiger partial charge is 0.306 e. The molecule has 1 aromatic heterocycles. The Bertz CT molecular complexity index is 677. The van der Waals surface area contributed by atoms with E-state index in [4.69, 9.17) is 9.84 Å². The Balaban J connectivity index is 1.77. The maximum Gasteiger partial charge on any atom is 0.306 e. The minimum atomic E-state index is -0.199. The number of esters is 1. The summed E-state index contributed by atoms with van der Waals surface area (Å²) in [5, 5.41) is 7.88. The van der Waals surface area contributed by atoms with Gasteiger partial charge >= 0.3 is 5.97 Å². The number of amides is 1. The van der Waals surface area contributed by atoms with Crippen molar-refractivity contribution in [1.82, 2.24) is 20.0 Å². The predicted octanol–water partition coefficient (Wildman–Crippen LogP) is 2.13. The molecule has 7 heteroatoms. The van der Waals surface area contributed by atoms with Crippen molar-refractivity contribution in [2.24, 2.45) is 5.92 Å². The van der Waals surface area contributed by atoms with Gasteiger partial charge < -0.3 is 10.1 Å². The Hall–Kier alpha value is -1.89. The van der Waals surface area contributed by atoms with Crippen LogP contribution >= 0.6 is 0 Å². The van der Waals surface area contributed by atoms with Gasteiger partial charge in [0.1, 0.15) is 0 Å². The average molecular weight is 377 g/mol. The molecule has 0 spiro atoms. The second-order valence-electron chi connectivity index (χ2n) is 8.16. The van der Waals surface area contributed by atoms with Crippen LogP contribution in [0.5, 0.6) is 0 Å². The number of rotatable bonds is 7. The molecule has 1 saturated carbocycles. The normalized spacial score (nSPS) is 17.9. The van der Waals surface area contributed by atoms with Crippen molar-refractivity contribution >= 4 is 11.9 Å². The Morgan fingerprint density at radius 1 is 1.30 bits per heavy atom. The number of nitrogens with one attached hydrogen (secondary N) is 1. The molecule has 0 saturated heterocycles. The van der Waals surface area contributed by atoms with E-state index in [1.54, 1.807) is 0 Å². The van der Waals surface area contributed by atoms with Crippen molar-refractivity contribution < 1.29 is 14.3 Å². The maximum absolute atomic E-state index is 12.9. The Kier molecular flexibility index (Phi) is 6.52. The lowest BCUT2D eigenvalue weighted by Crippen LogP contribution is -2.36. The van der Waals surface area contributed by atoms with Gasteiger partial charge in [0.15, 0.2) is 5.69 Å². The average Bonchev–Trinajstić information content (AvgIpc) is 3.27. The van der Waals surface area contributed by atoms with Crippen LogP contribution < -0.4 is 5.32 Å². The van der Waals surface area contributed by atoms with E-state index in [9.17, 15) is 9.59 Å². The first kappa shape index (κ1) is 19.9. The molecule has 3 rings (SSSR count). The zero-order valence-corrected chi connectivity index (χ0v) is 16.8. The van der Waals surface area contributed by atoms with Gasteiger partial charge in [0.2, 0.25) is 0 Å². The number of fused-ring (bicyclic) bond motifs is 1. The van der Waals surface area contributed by atoms with Crippen LogP contribution in [0.4, 0.5) is 0 Å². The third-order valence-corrected chi connectivity index (χ3v) is 5.52. The number of ether oxygens (including phenoxy) is 1. The number of methoxy groups -OCH3 is 1. The lowest BCUT2D eigenvalue weighted by Gasteiger charge is -2.27. The summed E-state index contributed by atoms with van der Waals surface area (Å²) in [5.74, 6) is 0.225. The monoisotopic (exact) mass is 376 g/mol. The number of hydrogen-bond acceptors (Lipinski definition) is 5. The summed E-state index contributed by atoms with van der Waals surface area (Å²) >= 11 is 0. The summed E-state index contributed by atoms with van der Waals surface area (Å²) in [6.45, 7) is 7.33. The predicted molar refractivity (Wildman–Crippen MR) is 102 cm³/mol. The van der Waals surface area contributed by atoms with Crippen LogP contribution in [0.3, 0.4) is 0 Å². The largest absolute Gasteiger partial charge is 0.469 e. The first-order chi connectivity index (χ1) is 13.0. The van der Waals surface area contributed by atoms with Crippen molar-refractivity contribution in [3.63, 3.8) is 0 Å². The molecule has 1 N–H and O–H groups in total. The summed E-state index contributed by atoms with van der Waals surface area (Å²) in [6, 6.07) is 0.280. The van der Waals surface area contributed by atoms with Gasteiger partial charge in [-0.2, -0.15) is 5.10 Å². The fourth-order valence-electron chi connectivity index (χ4n) is 4.09. The highest BCUT2D eigenvalue weighted by Crippen LogP contribution is 2.25. The highest BCUT2D eigenvalue weighted by molar-refractivity contribution is 5.94. The van der Waals surface area contributed by atoms with Gasteiger partial charge in [-0.05, 0) is 18.8 Å². The van der Waals surface area contributed by atoms with E-state index in [0.29, 0.717) is 31.1 Å². The number of nitrogens with zero attached hydrogens (tertiary/aromatic N) is 3. The van der Waals surface area contributed by atoms with Gasteiger partial charge in [-0.15, -0.1) is 0 Å². The van der Waals surface area contributed by atoms with Gasteiger partial charge in [-0.25, -0.2) is 0 Å². The Labute approximate surface area is 161 Å². The Morgan fingerprint density at radius 2 is 2.04 bits per heavy atom. The van der Waals surface area contributed by atoms with E-state index in [-0.39, 0.29) is 17.9 Å². The SMILES string of the molecule is COC(=O)CCN1CCc2c(c(C(=O)NC3CCCC3)nn2CC(C)C)C1. The molecule has 1 fully saturated rings. The lowest BCUT2D eigenvalue weighted by molar-refractivity contribution is -0.141. The quantitative estimate of drug-likeness (QED) is 0.738. The molecule has 0 bridgehead atoms. The molecule has 0 atom stereocenters. The van der Waals surface area contributed by atoms with Gasteiger partial charge in [0.25, 0.3) is 5.91 Å². The van der Waals surface area contributed by atoms with Gasteiger partial charge in [-0.3, -0.25) is 19.2 Å². The zero-order valence-electron chi connectivity index (χ0n) is 16.8. The van der Waals surface area contributed by atoms with Crippen molar-refractivity contribution in [2.45, 2.75) is 71.5 Å². The van der Waals surface area contributed by atoms with Crippen LogP contribution in [0.25, 0.3) is 0 Å². The highest BCUT2D eigenvalue weighted by Gasteiger charge is 2.29. The molecule has 1 aliphatic carbocycles. The third kappa shape index (κ3) is 4.89. The molecule has 1 amide bonds. The molecule has 2 aliphatic rings. The molecule has 7 nitrogen and oxygen atoms in total. The molecule has 0 aromatic carbocycles. The topological polar surface area (TPSA) is 76.5 Å². The van der Waals surface area contributed by atoms with Crippen LogP contribution in [0.2, 0.25) is 0 Å². The van der Waals surface area contributed by atoms with Crippen molar-refractivity contribution in [3.05, 3.63) is 17.0 Å². The molecule has 1 aromatic rings. The fourth-order valence-corrected chi connectivity index (χ4v) is 4.09. The molecule has 27 heavy (non-hydrogen) atoms. The van der Waals surface area contributed by atoms with E-state index in [1.807, 2.05) is 4.68 Å². The van der Waals surface area contributed by atoms with E-state index in [2.05, 4.69) is 24.1 Å². The first-order valence-corrected chi connectivity index (χ1v) is 10.2. The minimum Gasteiger partial charge on any atom is -0.469 e. The van der Waals surface area contributed by atoms with Gasteiger partial charge in [0.05, 0.1) is 13.5 Å². The molecular weight excluding hydrogens is 344 g/mol. The molecule has 0 unspecified atom stereocenters. The number of aromatic nitrogens is 2. The summed E-state index contributed by atoms with van der Waals surface area (Å²) in [7, 11) is 1.41. The zero-order chi connectivity index (χ0) is 19.4. The summed E-state index contributed by atoms with van der Waals surface area (Å²) in [6.07, 6.45) is 5.72. The highest BCUT2D eigenvalue weighted by atomic mass is 16.5. The number of carbonyl (C=O) groups excluding carboxylic acids is 2. The second kappa shape index (κ2) is 8.87. The van der Waals surface area contributed by atoms with E-state index < -0.39 is 0 Å². The molecule has 150 valence electrons. The van der Waals surface area contributed by atoms with Crippen LogP contribution in [0.1, 0.15) is 67.7 Å². The molecular formula is C20H32N4O3. The standard InChI is InChI=1S/C20H32N4O3/c1-14(2)12-24-17-8-10-23(11-9-18(25)27-3)13-16(17)19(22-24)20(26)21-15-6-4-5-7-15/h14-15H,4-13H2,1-3H3,(H,21,26). The van der Waals surface area contributed by atoms with E-state index >= 15 is 0 Å². The Morgan fingerprint density at radius 3 is 2.70 bits per heavy atom. The van der Waals surface area contributed by atoms with Crippen molar-refractivity contribution in [2.75, 3.05) is 20.2 Å². The van der Waals surface area contributed by atoms with Gasteiger partial charge in [0, 0.05) is 49.9 Å². The summed E-state index contributed by atoms with van der Waals surface area (Å²) < 4.78 is 6.78. The van der Waals surface area contributed by atoms with Crippen LogP contribution in [-0.4, -0.2) is 52.8 Å². The molecule has 2 heterocycles. The van der Waals surface area contributed by atoms with E-state index in [0.717, 1.165) is 37.9 Å². The summed E-state index contributed by atoms with van der Waals surface area (Å²) in [5.41, 5.74) is 2.78. The molecule has 1 aliphatic heterocycles. The molecule has 0 radical (unpaired) electrons.